The van der Waals surface area contributed by atoms with Gasteiger partial charge < -0.3 is 15.3 Å². The number of nitrogens with one attached hydrogen (secondary N) is 1. The van der Waals surface area contributed by atoms with Gasteiger partial charge in [-0.3, -0.25) is 9.69 Å². The fourth-order valence-corrected chi connectivity index (χ4v) is 4.11. The third-order valence-corrected chi connectivity index (χ3v) is 6.01. The van der Waals surface area contributed by atoms with E-state index in [1.807, 2.05) is 55.5 Å². The zero-order valence-corrected chi connectivity index (χ0v) is 17.8. The number of benzene rings is 3. The second kappa shape index (κ2) is 9.67. The number of carbonyl (C=O) groups excluding carboxylic acids is 1. The number of hydrogen-bond acceptors (Lipinski definition) is 4. The minimum atomic E-state index is -0.211. The molecule has 1 saturated heterocycles. The van der Waals surface area contributed by atoms with Crippen molar-refractivity contribution >= 4 is 11.6 Å². The Kier molecular flexibility index (Phi) is 6.53. The van der Waals surface area contributed by atoms with Crippen LogP contribution in [0.1, 0.15) is 24.1 Å². The quantitative estimate of drug-likeness (QED) is 0.643. The largest absolute Gasteiger partial charge is 0.508 e. The lowest BCUT2D eigenvalue weighted by molar-refractivity contribution is -0.126. The second-order valence-corrected chi connectivity index (χ2v) is 7.98. The lowest BCUT2D eigenvalue weighted by Gasteiger charge is -2.39. The Balaban J connectivity index is 1.41. The van der Waals surface area contributed by atoms with E-state index in [-0.39, 0.29) is 23.7 Å². The van der Waals surface area contributed by atoms with Gasteiger partial charge in [0.2, 0.25) is 5.91 Å². The van der Waals surface area contributed by atoms with Crippen LogP contribution in [0.3, 0.4) is 0 Å². The van der Waals surface area contributed by atoms with Crippen LogP contribution in [0.15, 0.2) is 84.9 Å². The number of carbonyl (C=O) groups is 1. The topological polar surface area (TPSA) is 55.8 Å². The molecule has 1 heterocycles. The minimum absolute atomic E-state index is 0.0378. The van der Waals surface area contributed by atoms with E-state index in [4.69, 9.17) is 0 Å². The van der Waals surface area contributed by atoms with E-state index in [0.717, 1.165) is 43.0 Å². The van der Waals surface area contributed by atoms with E-state index in [1.165, 1.54) is 0 Å². The number of nitrogens with zero attached hydrogens (tertiary/aromatic N) is 2. The highest BCUT2D eigenvalue weighted by Gasteiger charge is 2.27. The number of aromatic hydroxyl groups is 1. The number of phenols is 1. The molecule has 160 valence electrons. The zero-order valence-electron chi connectivity index (χ0n) is 17.8. The van der Waals surface area contributed by atoms with Crippen LogP contribution in [0.2, 0.25) is 0 Å². The predicted molar refractivity (Wildman–Crippen MR) is 124 cm³/mol. The Hall–Kier alpha value is -3.31. The molecule has 4 rings (SSSR count). The van der Waals surface area contributed by atoms with Crippen LogP contribution < -0.4 is 10.2 Å². The average molecular weight is 416 g/mol. The Morgan fingerprint density at radius 2 is 1.32 bits per heavy atom. The van der Waals surface area contributed by atoms with Crippen molar-refractivity contribution in [1.82, 2.24) is 10.2 Å². The van der Waals surface area contributed by atoms with E-state index in [0.29, 0.717) is 0 Å². The van der Waals surface area contributed by atoms with Crippen LogP contribution in [0.4, 0.5) is 5.69 Å². The normalized spacial score (nSPS) is 15.6. The van der Waals surface area contributed by atoms with Gasteiger partial charge in [-0.25, -0.2) is 0 Å². The Bertz CT molecular complexity index is 929. The summed E-state index contributed by atoms with van der Waals surface area (Å²) in [6, 6.07) is 27.1. The molecule has 3 aromatic carbocycles. The monoisotopic (exact) mass is 415 g/mol. The molecule has 1 aliphatic heterocycles. The number of phenolic OH excluding ortho intramolecular Hbond substituents is 1. The number of anilines is 1. The van der Waals surface area contributed by atoms with Crippen LogP contribution in [-0.2, 0) is 4.79 Å². The summed E-state index contributed by atoms with van der Waals surface area (Å²) in [5.74, 6) is 0.315. The van der Waals surface area contributed by atoms with E-state index in [9.17, 15) is 9.90 Å². The molecule has 0 unspecified atom stereocenters. The summed E-state index contributed by atoms with van der Waals surface area (Å²) in [4.78, 5) is 17.7. The number of piperazine rings is 1. The lowest BCUT2D eigenvalue weighted by Crippen LogP contribution is -2.54. The standard InChI is InChI=1S/C26H29N3O2/c1-20(28-16-18-29(19-17-28)23-12-14-24(30)15-13-23)26(31)27-25(21-8-4-2-5-9-21)22-10-6-3-7-11-22/h2-15,20,25,30H,16-19H2,1H3,(H,27,31)/t20-/m0/s1. The summed E-state index contributed by atoms with van der Waals surface area (Å²) in [5.41, 5.74) is 3.25. The molecule has 1 fully saturated rings. The Labute approximate surface area is 183 Å². The van der Waals surface area contributed by atoms with Gasteiger partial charge in [-0.15, -0.1) is 0 Å². The molecule has 2 N–H and O–H groups in total. The second-order valence-electron chi connectivity index (χ2n) is 7.98. The molecule has 5 heteroatoms. The Morgan fingerprint density at radius 1 is 0.806 bits per heavy atom. The van der Waals surface area contributed by atoms with Crippen molar-refractivity contribution in [1.29, 1.82) is 0 Å². The SMILES string of the molecule is C[C@@H](C(=O)NC(c1ccccc1)c1ccccc1)N1CCN(c2ccc(O)cc2)CC1. The van der Waals surface area contributed by atoms with E-state index >= 15 is 0 Å². The minimum Gasteiger partial charge on any atom is -0.508 e. The molecule has 0 aliphatic carbocycles. The average Bonchev–Trinajstić information content (AvgIpc) is 2.83. The van der Waals surface area contributed by atoms with E-state index in [1.54, 1.807) is 12.1 Å². The molecule has 1 amide bonds. The fraction of sp³-hybridized carbons (Fsp3) is 0.269. The van der Waals surface area contributed by atoms with Gasteiger partial charge >= 0.3 is 0 Å². The molecule has 31 heavy (non-hydrogen) atoms. The molecule has 0 bridgehead atoms. The maximum absolute atomic E-state index is 13.2. The number of rotatable bonds is 6. The first-order chi connectivity index (χ1) is 15.1. The fourth-order valence-electron chi connectivity index (χ4n) is 4.11. The highest BCUT2D eigenvalue weighted by atomic mass is 16.3. The van der Waals surface area contributed by atoms with Crippen LogP contribution >= 0.6 is 0 Å². The van der Waals surface area contributed by atoms with Crippen molar-refractivity contribution < 1.29 is 9.90 Å². The van der Waals surface area contributed by atoms with Gasteiger partial charge in [0.1, 0.15) is 5.75 Å². The van der Waals surface area contributed by atoms with Crippen LogP contribution in [-0.4, -0.2) is 48.1 Å². The summed E-state index contributed by atoms with van der Waals surface area (Å²) in [6.45, 7) is 5.32. The molecule has 5 nitrogen and oxygen atoms in total. The van der Waals surface area contributed by atoms with Crippen LogP contribution in [0, 0.1) is 0 Å². The van der Waals surface area contributed by atoms with Gasteiger partial charge in [0.15, 0.2) is 0 Å². The molecule has 0 aromatic heterocycles. The summed E-state index contributed by atoms with van der Waals surface area (Å²) >= 11 is 0. The van der Waals surface area contributed by atoms with Crippen molar-refractivity contribution in [3.63, 3.8) is 0 Å². The maximum Gasteiger partial charge on any atom is 0.237 e. The summed E-state index contributed by atoms with van der Waals surface area (Å²) in [5, 5.41) is 12.8. The van der Waals surface area contributed by atoms with Gasteiger partial charge in [0.05, 0.1) is 12.1 Å². The molecule has 0 saturated carbocycles. The van der Waals surface area contributed by atoms with Gasteiger partial charge in [0, 0.05) is 31.9 Å². The highest BCUT2D eigenvalue weighted by Crippen LogP contribution is 2.23. The zero-order chi connectivity index (χ0) is 21.6. The Morgan fingerprint density at radius 3 is 1.84 bits per heavy atom. The van der Waals surface area contributed by atoms with Crippen molar-refractivity contribution in [3.05, 3.63) is 96.1 Å². The van der Waals surface area contributed by atoms with Crippen molar-refractivity contribution in [2.75, 3.05) is 31.1 Å². The smallest absolute Gasteiger partial charge is 0.237 e. The number of amides is 1. The van der Waals surface area contributed by atoms with Gasteiger partial charge in [-0.1, -0.05) is 60.7 Å². The third kappa shape index (κ3) is 5.06. The van der Waals surface area contributed by atoms with Crippen molar-refractivity contribution in [2.45, 2.75) is 19.0 Å². The molecule has 1 aliphatic rings. The molecule has 0 radical (unpaired) electrons. The molecular formula is C26H29N3O2. The first-order valence-electron chi connectivity index (χ1n) is 10.8. The summed E-state index contributed by atoms with van der Waals surface area (Å²) < 4.78 is 0. The van der Waals surface area contributed by atoms with E-state index in [2.05, 4.69) is 39.4 Å². The lowest BCUT2D eigenvalue weighted by atomic mass is 9.98. The van der Waals surface area contributed by atoms with Gasteiger partial charge in [0.25, 0.3) is 0 Å². The maximum atomic E-state index is 13.2. The molecular weight excluding hydrogens is 386 g/mol. The van der Waals surface area contributed by atoms with Crippen molar-refractivity contribution in [2.24, 2.45) is 0 Å². The molecule has 1 atom stereocenters. The predicted octanol–water partition coefficient (Wildman–Crippen LogP) is 3.81. The highest BCUT2D eigenvalue weighted by molar-refractivity contribution is 5.82. The van der Waals surface area contributed by atoms with Gasteiger partial charge in [-0.05, 0) is 42.3 Å². The van der Waals surface area contributed by atoms with Crippen LogP contribution in [0.25, 0.3) is 0 Å². The first-order valence-corrected chi connectivity index (χ1v) is 10.8. The molecule has 0 spiro atoms. The first kappa shape index (κ1) is 20.9. The number of hydrogen-bond donors (Lipinski definition) is 2. The van der Waals surface area contributed by atoms with Crippen LogP contribution in [0.5, 0.6) is 5.75 Å². The van der Waals surface area contributed by atoms with E-state index < -0.39 is 0 Å². The van der Waals surface area contributed by atoms with Crippen molar-refractivity contribution in [3.8, 4) is 5.75 Å². The summed E-state index contributed by atoms with van der Waals surface area (Å²) in [7, 11) is 0. The van der Waals surface area contributed by atoms with Gasteiger partial charge in [-0.2, -0.15) is 0 Å². The third-order valence-electron chi connectivity index (χ3n) is 6.01. The molecule has 3 aromatic rings. The summed E-state index contributed by atoms with van der Waals surface area (Å²) in [6.07, 6.45) is 0.